The lowest BCUT2D eigenvalue weighted by atomic mass is 9.92. The Morgan fingerprint density at radius 3 is 2.33 bits per heavy atom. The van der Waals surface area contributed by atoms with Gasteiger partial charge in [-0.15, -0.1) is 0 Å². The van der Waals surface area contributed by atoms with Crippen LogP contribution in [-0.2, 0) is 4.79 Å². The van der Waals surface area contributed by atoms with Crippen molar-refractivity contribution in [2.45, 2.75) is 20.3 Å². The zero-order chi connectivity index (χ0) is 19.4. The number of anilines is 1. The maximum absolute atomic E-state index is 13.0. The molecule has 0 spiro atoms. The molecule has 7 heteroatoms. The highest BCUT2D eigenvalue weighted by Gasteiger charge is 2.29. The van der Waals surface area contributed by atoms with Crippen molar-refractivity contribution in [3.8, 4) is 0 Å². The predicted molar refractivity (Wildman–Crippen MR) is 109 cm³/mol. The van der Waals surface area contributed by atoms with E-state index in [4.69, 9.17) is 12.2 Å². The van der Waals surface area contributed by atoms with E-state index in [-0.39, 0.29) is 11.7 Å². The summed E-state index contributed by atoms with van der Waals surface area (Å²) in [7, 11) is 0. The molecule has 2 heterocycles. The molecular weight excluding hydrogens is 363 g/mol. The van der Waals surface area contributed by atoms with Gasteiger partial charge in [0.05, 0.1) is 26.2 Å². The van der Waals surface area contributed by atoms with Gasteiger partial charge in [0.25, 0.3) is 5.91 Å². The summed E-state index contributed by atoms with van der Waals surface area (Å²) in [5, 5.41) is 3.82. The topological polar surface area (TPSA) is 40.0 Å². The van der Waals surface area contributed by atoms with Gasteiger partial charge in [-0.1, -0.05) is 13.8 Å². The summed E-state index contributed by atoms with van der Waals surface area (Å²) in [6, 6.07) is 6.20. The van der Waals surface area contributed by atoms with Crippen LogP contribution in [0.25, 0.3) is 0 Å². The van der Waals surface area contributed by atoms with Crippen molar-refractivity contribution in [1.82, 2.24) is 9.80 Å². The van der Waals surface area contributed by atoms with Gasteiger partial charge in [0.15, 0.2) is 11.7 Å². The molecule has 0 saturated carbocycles. The van der Waals surface area contributed by atoms with E-state index in [1.54, 1.807) is 12.1 Å². The Morgan fingerprint density at radius 2 is 1.74 bits per heavy atom. The number of thiocarbonyl (C=S) groups is 1. The molecule has 1 amide bonds. The van der Waals surface area contributed by atoms with Crippen molar-refractivity contribution < 1.29 is 14.1 Å². The van der Waals surface area contributed by atoms with E-state index in [2.05, 4.69) is 29.0 Å². The van der Waals surface area contributed by atoms with Gasteiger partial charge in [0.1, 0.15) is 5.82 Å². The summed E-state index contributed by atoms with van der Waals surface area (Å²) in [5.41, 5.74) is 0.791. The van der Waals surface area contributed by atoms with Crippen LogP contribution in [0.5, 0.6) is 0 Å². The van der Waals surface area contributed by atoms with Crippen LogP contribution in [0.3, 0.4) is 0 Å². The monoisotopic (exact) mass is 393 g/mol. The van der Waals surface area contributed by atoms with Gasteiger partial charge in [-0.2, -0.15) is 0 Å². The summed E-state index contributed by atoms with van der Waals surface area (Å²) in [6.07, 6.45) is 1.22. The number of piperidine rings is 1. The molecule has 0 bridgehead atoms. The third-order valence-electron chi connectivity index (χ3n) is 5.48. The second kappa shape index (κ2) is 8.97. The van der Waals surface area contributed by atoms with Gasteiger partial charge in [-0.05, 0) is 54.7 Å². The zero-order valence-corrected chi connectivity index (χ0v) is 17.0. The van der Waals surface area contributed by atoms with E-state index in [0.29, 0.717) is 23.5 Å². The number of benzene rings is 1. The van der Waals surface area contributed by atoms with E-state index >= 15 is 0 Å². The van der Waals surface area contributed by atoms with Gasteiger partial charge >= 0.3 is 0 Å². The lowest BCUT2D eigenvalue weighted by Crippen LogP contribution is -3.15. The molecule has 2 aliphatic rings. The van der Waals surface area contributed by atoms with Crippen LogP contribution in [0.4, 0.5) is 10.1 Å². The number of nitrogens with zero attached hydrogens (tertiary/aromatic N) is 2. The van der Waals surface area contributed by atoms with E-state index in [1.807, 2.05) is 0 Å². The first kappa shape index (κ1) is 20.0. The summed E-state index contributed by atoms with van der Waals surface area (Å²) >= 11 is 5.48. The number of carbonyl (C=O) groups excluding carboxylic acids is 1. The van der Waals surface area contributed by atoms with E-state index < -0.39 is 0 Å². The summed E-state index contributed by atoms with van der Waals surface area (Å²) in [6.45, 7) is 10.3. The van der Waals surface area contributed by atoms with Crippen molar-refractivity contribution >= 4 is 28.9 Å². The first-order chi connectivity index (χ1) is 12.9. The molecular formula is C20H30FN4OS+. The van der Waals surface area contributed by atoms with Crippen LogP contribution in [0.2, 0.25) is 0 Å². The number of carbonyl (C=O) groups is 1. The van der Waals surface area contributed by atoms with Crippen molar-refractivity contribution in [3.05, 3.63) is 30.1 Å². The smallest absolute Gasteiger partial charge is 0.277 e. The minimum absolute atomic E-state index is 0.258. The second-order valence-corrected chi connectivity index (χ2v) is 8.48. The Bertz CT molecular complexity index is 650. The molecule has 0 radical (unpaired) electrons. The Kier molecular flexibility index (Phi) is 6.65. The summed E-state index contributed by atoms with van der Waals surface area (Å²) < 4.78 is 13.0. The van der Waals surface area contributed by atoms with Crippen LogP contribution < -0.4 is 10.2 Å². The van der Waals surface area contributed by atoms with Crippen molar-refractivity contribution in [2.24, 2.45) is 11.8 Å². The third kappa shape index (κ3) is 5.62. The quantitative estimate of drug-likeness (QED) is 0.758. The number of nitrogens with one attached hydrogen (secondary N) is 2. The highest BCUT2D eigenvalue weighted by Crippen LogP contribution is 2.20. The summed E-state index contributed by atoms with van der Waals surface area (Å²) in [4.78, 5) is 18.2. The average Bonchev–Trinajstić information content (AvgIpc) is 2.63. The normalized spacial score (nSPS) is 24.0. The van der Waals surface area contributed by atoms with Crippen molar-refractivity contribution in [1.29, 1.82) is 0 Å². The van der Waals surface area contributed by atoms with Gasteiger partial charge in [-0.3, -0.25) is 4.79 Å². The number of hydrogen-bond acceptors (Lipinski definition) is 2. The highest BCUT2D eigenvalue weighted by molar-refractivity contribution is 7.80. The first-order valence-electron chi connectivity index (χ1n) is 9.83. The molecule has 2 atom stereocenters. The lowest BCUT2D eigenvalue weighted by molar-refractivity contribution is -0.896. The molecule has 1 aromatic rings. The second-order valence-electron chi connectivity index (χ2n) is 8.10. The summed E-state index contributed by atoms with van der Waals surface area (Å²) in [5.74, 6) is 1.22. The molecule has 148 valence electrons. The molecule has 3 rings (SSSR count). The number of quaternary nitrogens is 1. The molecule has 27 heavy (non-hydrogen) atoms. The standard InChI is InChI=1S/C20H29FN4OS/c1-15-11-16(2)13-25(12-15)19(26)14-23-7-9-24(10-8-23)20(27)22-18-5-3-17(21)4-6-18/h3-6,15-16H,7-14H2,1-2H3,(H,22,27)/p+1/t15-,16-/m1/s1. The fourth-order valence-electron chi connectivity index (χ4n) is 4.13. The predicted octanol–water partition coefficient (Wildman–Crippen LogP) is 1.23. The van der Waals surface area contributed by atoms with Gasteiger partial charge in [-0.25, -0.2) is 4.39 Å². The molecule has 0 unspecified atom stereocenters. The van der Waals surface area contributed by atoms with Gasteiger partial charge in [0, 0.05) is 18.8 Å². The minimum Gasteiger partial charge on any atom is -0.338 e. The number of hydrogen-bond donors (Lipinski definition) is 2. The van der Waals surface area contributed by atoms with Crippen LogP contribution >= 0.6 is 12.2 Å². The average molecular weight is 394 g/mol. The molecule has 0 aliphatic carbocycles. The lowest BCUT2D eigenvalue weighted by Gasteiger charge is -2.37. The number of likely N-dealkylation sites (tertiary alicyclic amines) is 1. The Labute approximate surface area is 166 Å². The largest absolute Gasteiger partial charge is 0.338 e. The fraction of sp³-hybridized carbons (Fsp3) is 0.600. The number of piperazine rings is 1. The fourth-order valence-corrected chi connectivity index (χ4v) is 4.43. The van der Waals surface area contributed by atoms with Crippen LogP contribution in [0.1, 0.15) is 20.3 Å². The van der Waals surface area contributed by atoms with Gasteiger partial charge in [0.2, 0.25) is 0 Å². The van der Waals surface area contributed by atoms with E-state index in [9.17, 15) is 9.18 Å². The number of halogens is 1. The molecule has 2 saturated heterocycles. The number of rotatable bonds is 3. The molecule has 0 aromatic heterocycles. The van der Waals surface area contributed by atoms with E-state index in [1.165, 1.54) is 23.5 Å². The molecule has 2 fully saturated rings. The molecule has 2 aliphatic heterocycles. The maximum atomic E-state index is 13.0. The molecule has 1 aromatic carbocycles. The Balaban J connectivity index is 1.43. The zero-order valence-electron chi connectivity index (χ0n) is 16.2. The van der Waals surface area contributed by atoms with Crippen LogP contribution in [0, 0.1) is 17.7 Å². The third-order valence-corrected chi connectivity index (χ3v) is 5.84. The maximum Gasteiger partial charge on any atom is 0.277 e. The Morgan fingerprint density at radius 1 is 1.15 bits per heavy atom. The van der Waals surface area contributed by atoms with Gasteiger partial charge < -0.3 is 20.0 Å². The van der Waals surface area contributed by atoms with Crippen LogP contribution in [-0.4, -0.2) is 66.6 Å². The SMILES string of the molecule is C[C@@H]1C[C@@H](C)CN(C(=O)C[NH+]2CCN(C(=S)Nc3ccc(F)cc3)CC2)C1. The van der Waals surface area contributed by atoms with Crippen molar-refractivity contribution in [3.63, 3.8) is 0 Å². The molecule has 5 nitrogen and oxygen atoms in total. The Hall–Kier alpha value is -1.73. The number of amides is 1. The minimum atomic E-state index is -0.258. The van der Waals surface area contributed by atoms with E-state index in [0.717, 1.165) is 45.0 Å². The molecule has 2 N–H and O–H groups in total. The highest BCUT2D eigenvalue weighted by atomic mass is 32.1. The first-order valence-corrected chi connectivity index (χ1v) is 10.2. The van der Waals surface area contributed by atoms with Crippen molar-refractivity contribution in [2.75, 3.05) is 51.1 Å². The van der Waals surface area contributed by atoms with Crippen LogP contribution in [0.15, 0.2) is 24.3 Å².